The lowest BCUT2D eigenvalue weighted by Gasteiger charge is -2.33. The lowest BCUT2D eigenvalue weighted by Crippen LogP contribution is -2.39. The molecule has 5 heteroatoms. The zero-order valence-corrected chi connectivity index (χ0v) is 10.3. The number of nitrogens with zero attached hydrogens (tertiary/aromatic N) is 3. The monoisotopic (exact) mass is 227 g/mol. The van der Waals surface area contributed by atoms with Crippen LogP contribution in [-0.2, 0) is 6.54 Å². The number of rotatable bonds is 2. The van der Waals surface area contributed by atoms with Crippen LogP contribution in [0.15, 0.2) is 4.52 Å². The van der Waals surface area contributed by atoms with Gasteiger partial charge in [-0.3, -0.25) is 4.90 Å². The maximum absolute atomic E-state index is 4.97. The van der Waals surface area contributed by atoms with E-state index in [1.54, 1.807) is 0 Å². The summed E-state index contributed by atoms with van der Waals surface area (Å²) in [6, 6.07) is 0. The maximum atomic E-state index is 4.97. The van der Waals surface area contributed by atoms with Crippen molar-refractivity contribution in [1.29, 1.82) is 0 Å². The summed E-state index contributed by atoms with van der Waals surface area (Å²) < 4.78 is 4.97. The summed E-state index contributed by atoms with van der Waals surface area (Å²) in [7, 11) is 0. The van der Waals surface area contributed by atoms with Crippen molar-refractivity contribution in [3.05, 3.63) is 11.7 Å². The Bertz CT molecular complexity index is 318. The predicted molar refractivity (Wildman–Crippen MR) is 60.8 cm³/mol. The highest BCUT2D eigenvalue weighted by molar-refractivity contribution is 8.00. The molecule has 1 aliphatic heterocycles. The third-order valence-electron chi connectivity index (χ3n) is 2.43. The largest absolute Gasteiger partial charge is 0.340 e. The van der Waals surface area contributed by atoms with E-state index in [4.69, 9.17) is 4.52 Å². The van der Waals surface area contributed by atoms with Crippen molar-refractivity contribution in [1.82, 2.24) is 15.0 Å². The highest BCUT2D eigenvalue weighted by Crippen LogP contribution is 2.25. The molecule has 4 nitrogen and oxygen atoms in total. The van der Waals surface area contributed by atoms with Gasteiger partial charge in [-0.05, 0) is 0 Å². The highest BCUT2D eigenvalue weighted by Gasteiger charge is 2.23. The van der Waals surface area contributed by atoms with Gasteiger partial charge in [0.25, 0.3) is 0 Å². The first-order valence-corrected chi connectivity index (χ1v) is 6.25. The van der Waals surface area contributed by atoms with Crippen LogP contribution in [0.25, 0.3) is 0 Å². The van der Waals surface area contributed by atoms with Gasteiger partial charge in [-0.2, -0.15) is 16.7 Å². The normalized spacial score (nSPS) is 28.2. The van der Waals surface area contributed by atoms with Gasteiger partial charge in [-0.1, -0.05) is 19.0 Å². The number of aromatic nitrogens is 2. The molecule has 0 N–H and O–H groups in total. The summed E-state index contributed by atoms with van der Waals surface area (Å²) in [6.07, 6.45) is 0. The van der Waals surface area contributed by atoms with Gasteiger partial charge in [0.1, 0.15) is 0 Å². The minimum Gasteiger partial charge on any atom is -0.340 e. The molecule has 0 aromatic carbocycles. The first kappa shape index (κ1) is 11.0. The van der Waals surface area contributed by atoms with E-state index in [2.05, 4.69) is 40.6 Å². The molecule has 1 aromatic heterocycles. The molecule has 0 saturated carbocycles. The Labute approximate surface area is 94.4 Å². The average Bonchev–Trinajstić information content (AvgIpc) is 2.49. The SMILES string of the molecule is Cc1nc(CN2CC(C)SC(C)C2)no1. The van der Waals surface area contributed by atoms with Crippen LogP contribution in [0.5, 0.6) is 0 Å². The number of thioether (sulfide) groups is 1. The van der Waals surface area contributed by atoms with E-state index in [0.717, 1.165) is 25.5 Å². The average molecular weight is 227 g/mol. The predicted octanol–water partition coefficient (Wildman–Crippen LogP) is 1.70. The fourth-order valence-corrected chi connectivity index (χ4v) is 3.41. The van der Waals surface area contributed by atoms with Gasteiger partial charge in [-0.15, -0.1) is 0 Å². The molecule has 1 aliphatic rings. The number of hydrogen-bond donors (Lipinski definition) is 0. The van der Waals surface area contributed by atoms with E-state index in [-0.39, 0.29) is 0 Å². The highest BCUT2D eigenvalue weighted by atomic mass is 32.2. The summed E-state index contributed by atoms with van der Waals surface area (Å²) in [5.41, 5.74) is 0. The smallest absolute Gasteiger partial charge is 0.223 e. The van der Waals surface area contributed by atoms with E-state index in [1.165, 1.54) is 0 Å². The molecule has 1 aromatic rings. The van der Waals surface area contributed by atoms with Gasteiger partial charge in [-0.25, -0.2) is 0 Å². The second kappa shape index (κ2) is 4.53. The van der Waals surface area contributed by atoms with Crippen molar-refractivity contribution in [2.45, 2.75) is 37.8 Å². The maximum Gasteiger partial charge on any atom is 0.223 e. The first-order chi connectivity index (χ1) is 7.13. The van der Waals surface area contributed by atoms with Crippen molar-refractivity contribution in [3.63, 3.8) is 0 Å². The standard InChI is InChI=1S/C10H17N3OS/c1-7-4-13(5-8(2)15-7)6-10-11-9(3)14-12-10/h7-8H,4-6H2,1-3H3. The molecule has 15 heavy (non-hydrogen) atoms. The molecular formula is C10H17N3OS. The summed E-state index contributed by atoms with van der Waals surface area (Å²) in [6.45, 7) is 9.41. The van der Waals surface area contributed by atoms with E-state index in [0.29, 0.717) is 16.4 Å². The Kier molecular flexibility index (Phi) is 3.31. The topological polar surface area (TPSA) is 42.2 Å². The summed E-state index contributed by atoms with van der Waals surface area (Å²) >= 11 is 2.05. The minimum absolute atomic E-state index is 0.650. The zero-order chi connectivity index (χ0) is 10.8. The molecule has 2 heterocycles. The van der Waals surface area contributed by atoms with Crippen LogP contribution in [0.3, 0.4) is 0 Å². The summed E-state index contributed by atoms with van der Waals surface area (Å²) in [4.78, 5) is 6.63. The van der Waals surface area contributed by atoms with Crippen molar-refractivity contribution in [2.75, 3.05) is 13.1 Å². The Hall–Kier alpha value is -0.550. The number of hydrogen-bond acceptors (Lipinski definition) is 5. The molecule has 84 valence electrons. The molecule has 0 spiro atoms. The zero-order valence-electron chi connectivity index (χ0n) is 9.43. The fourth-order valence-electron chi connectivity index (χ4n) is 2.02. The lowest BCUT2D eigenvalue weighted by atomic mass is 10.3. The van der Waals surface area contributed by atoms with E-state index < -0.39 is 0 Å². The quantitative estimate of drug-likeness (QED) is 0.769. The molecule has 0 radical (unpaired) electrons. The molecule has 1 fully saturated rings. The van der Waals surface area contributed by atoms with Crippen LogP contribution in [0.1, 0.15) is 25.6 Å². The third kappa shape index (κ3) is 2.95. The Morgan fingerprint density at radius 1 is 1.40 bits per heavy atom. The van der Waals surface area contributed by atoms with Gasteiger partial charge < -0.3 is 4.52 Å². The molecule has 2 unspecified atom stereocenters. The van der Waals surface area contributed by atoms with Crippen molar-refractivity contribution >= 4 is 11.8 Å². The van der Waals surface area contributed by atoms with Crippen molar-refractivity contribution in [3.8, 4) is 0 Å². The Morgan fingerprint density at radius 3 is 2.60 bits per heavy atom. The molecule has 1 saturated heterocycles. The van der Waals surface area contributed by atoms with Crippen LogP contribution in [0.4, 0.5) is 0 Å². The van der Waals surface area contributed by atoms with Crippen LogP contribution in [0, 0.1) is 6.92 Å². The van der Waals surface area contributed by atoms with Crippen LogP contribution < -0.4 is 0 Å². The first-order valence-electron chi connectivity index (χ1n) is 5.30. The van der Waals surface area contributed by atoms with Gasteiger partial charge in [0.2, 0.25) is 5.89 Å². The van der Waals surface area contributed by atoms with Gasteiger partial charge in [0.15, 0.2) is 5.82 Å². The van der Waals surface area contributed by atoms with E-state index in [1.807, 2.05) is 6.92 Å². The molecule has 2 atom stereocenters. The second-order valence-electron chi connectivity index (χ2n) is 4.18. The molecule has 0 amide bonds. The van der Waals surface area contributed by atoms with Crippen molar-refractivity contribution < 1.29 is 4.52 Å². The van der Waals surface area contributed by atoms with Gasteiger partial charge in [0.05, 0.1) is 6.54 Å². The third-order valence-corrected chi connectivity index (χ3v) is 3.66. The van der Waals surface area contributed by atoms with Crippen LogP contribution in [-0.4, -0.2) is 38.6 Å². The fraction of sp³-hybridized carbons (Fsp3) is 0.800. The second-order valence-corrected chi connectivity index (χ2v) is 6.06. The molecule has 2 rings (SSSR count). The van der Waals surface area contributed by atoms with Crippen LogP contribution in [0.2, 0.25) is 0 Å². The van der Waals surface area contributed by atoms with Crippen LogP contribution >= 0.6 is 11.8 Å². The van der Waals surface area contributed by atoms with Crippen molar-refractivity contribution in [2.24, 2.45) is 0 Å². The Morgan fingerprint density at radius 2 is 2.07 bits per heavy atom. The van der Waals surface area contributed by atoms with Gasteiger partial charge in [0, 0.05) is 30.5 Å². The molecule has 0 bridgehead atoms. The minimum atomic E-state index is 0.650. The van der Waals surface area contributed by atoms with E-state index in [9.17, 15) is 0 Å². The Balaban J connectivity index is 1.94. The molecular weight excluding hydrogens is 210 g/mol. The number of aryl methyl sites for hydroxylation is 1. The summed E-state index contributed by atoms with van der Waals surface area (Å²) in [5.74, 6) is 1.45. The van der Waals surface area contributed by atoms with Gasteiger partial charge >= 0.3 is 0 Å². The lowest BCUT2D eigenvalue weighted by molar-refractivity contribution is 0.251. The summed E-state index contributed by atoms with van der Waals surface area (Å²) in [5, 5.41) is 5.32. The van der Waals surface area contributed by atoms with E-state index >= 15 is 0 Å². The molecule has 0 aliphatic carbocycles.